The van der Waals surface area contributed by atoms with E-state index < -0.39 is 0 Å². The minimum absolute atomic E-state index is 0.653. The van der Waals surface area contributed by atoms with E-state index in [-0.39, 0.29) is 0 Å². The maximum Gasteiger partial charge on any atom is 0.0169 e. The summed E-state index contributed by atoms with van der Waals surface area (Å²) in [7, 11) is 0. The molecule has 11 heavy (non-hydrogen) atoms. The molecule has 0 aromatic heterocycles. The van der Waals surface area contributed by atoms with Crippen molar-refractivity contribution >= 4 is 0 Å². The van der Waals surface area contributed by atoms with Gasteiger partial charge in [0.2, 0.25) is 0 Å². The van der Waals surface area contributed by atoms with Gasteiger partial charge in [-0.2, -0.15) is 0 Å². The highest BCUT2D eigenvalue weighted by Gasteiger charge is 2.27. The molecule has 0 saturated carbocycles. The Hall–Kier alpha value is -0.780. The summed E-state index contributed by atoms with van der Waals surface area (Å²) in [5.74, 6) is 1.31. The van der Waals surface area contributed by atoms with Crippen molar-refractivity contribution in [1.29, 1.82) is 0 Å². The molecule has 0 amide bonds. The molecule has 0 saturated heterocycles. The maximum atomic E-state index is 2.32. The van der Waals surface area contributed by atoms with Crippen molar-refractivity contribution < 1.29 is 0 Å². The van der Waals surface area contributed by atoms with Gasteiger partial charge >= 0.3 is 0 Å². The van der Waals surface area contributed by atoms with E-state index >= 15 is 0 Å². The molecule has 0 radical (unpaired) electrons. The van der Waals surface area contributed by atoms with Crippen LogP contribution < -0.4 is 0 Å². The fraction of sp³-hybridized carbons (Fsp3) is 0.455. The molecule has 0 nitrogen and oxygen atoms in total. The van der Waals surface area contributed by atoms with Crippen molar-refractivity contribution in [2.24, 2.45) is 11.8 Å². The minimum atomic E-state index is 0.653. The van der Waals surface area contributed by atoms with Gasteiger partial charge in [0.25, 0.3) is 0 Å². The quantitative estimate of drug-likeness (QED) is 0.499. The first kappa shape index (κ1) is 6.90. The van der Waals surface area contributed by atoms with E-state index in [1.54, 1.807) is 11.1 Å². The fourth-order valence-electron chi connectivity index (χ4n) is 2.02. The van der Waals surface area contributed by atoms with Crippen LogP contribution in [0.25, 0.3) is 0 Å². The number of hydrogen-bond donors (Lipinski definition) is 0. The lowest BCUT2D eigenvalue weighted by atomic mass is 9.96. The molecular weight excluding hydrogens is 132 g/mol. The Balaban J connectivity index is 2.35. The predicted octanol–water partition coefficient (Wildman–Crippen LogP) is 3.08. The van der Waals surface area contributed by atoms with Crippen LogP contribution in [0.4, 0.5) is 0 Å². The standard InChI is InChI=1S/C11H14/c1-3-8(2)11-9-4-5-10(11)7-6-9/h4-7,9-10H,3H2,1-2H3. The molecule has 0 aromatic carbocycles. The van der Waals surface area contributed by atoms with Crippen molar-refractivity contribution in [1.82, 2.24) is 0 Å². The van der Waals surface area contributed by atoms with Crippen molar-refractivity contribution in [3.05, 3.63) is 35.5 Å². The lowest BCUT2D eigenvalue weighted by Crippen LogP contribution is -1.95. The van der Waals surface area contributed by atoms with Crippen LogP contribution in [0.5, 0.6) is 0 Å². The molecule has 2 aliphatic rings. The Morgan fingerprint density at radius 1 is 1.18 bits per heavy atom. The summed E-state index contributed by atoms with van der Waals surface area (Å²) in [6.07, 6.45) is 10.5. The molecule has 2 rings (SSSR count). The second-order valence-electron chi connectivity index (χ2n) is 3.41. The van der Waals surface area contributed by atoms with Crippen molar-refractivity contribution in [2.75, 3.05) is 0 Å². The molecule has 58 valence electrons. The molecule has 0 aliphatic heterocycles. The van der Waals surface area contributed by atoms with Crippen LogP contribution in [-0.2, 0) is 0 Å². The van der Waals surface area contributed by atoms with Crippen LogP contribution in [-0.4, -0.2) is 0 Å². The van der Waals surface area contributed by atoms with Gasteiger partial charge in [0, 0.05) is 11.8 Å². The first-order valence-corrected chi connectivity index (χ1v) is 4.39. The summed E-state index contributed by atoms with van der Waals surface area (Å²) in [5, 5.41) is 0. The Kier molecular flexibility index (Phi) is 1.49. The summed E-state index contributed by atoms with van der Waals surface area (Å²) in [4.78, 5) is 0. The zero-order chi connectivity index (χ0) is 7.84. The van der Waals surface area contributed by atoms with E-state index in [1.807, 2.05) is 0 Å². The lowest BCUT2D eigenvalue weighted by molar-refractivity contribution is 0.891. The van der Waals surface area contributed by atoms with E-state index in [2.05, 4.69) is 38.2 Å². The second kappa shape index (κ2) is 2.37. The highest BCUT2D eigenvalue weighted by atomic mass is 14.3. The van der Waals surface area contributed by atoms with Gasteiger partial charge in [0.1, 0.15) is 0 Å². The van der Waals surface area contributed by atoms with Crippen molar-refractivity contribution in [3.63, 3.8) is 0 Å². The fourth-order valence-corrected chi connectivity index (χ4v) is 2.02. The Labute approximate surface area is 68.3 Å². The Morgan fingerprint density at radius 3 is 2.00 bits per heavy atom. The third kappa shape index (κ3) is 0.891. The molecule has 0 fully saturated rings. The second-order valence-corrected chi connectivity index (χ2v) is 3.41. The van der Waals surface area contributed by atoms with E-state index in [9.17, 15) is 0 Å². The first-order chi connectivity index (χ1) is 5.33. The molecule has 0 unspecified atom stereocenters. The van der Waals surface area contributed by atoms with Crippen molar-refractivity contribution in [3.8, 4) is 0 Å². The highest BCUT2D eigenvalue weighted by Crippen LogP contribution is 2.40. The summed E-state index contributed by atoms with van der Waals surface area (Å²) in [6.45, 7) is 4.50. The van der Waals surface area contributed by atoms with Gasteiger partial charge in [-0.3, -0.25) is 0 Å². The molecule has 2 bridgehead atoms. The third-order valence-corrected chi connectivity index (χ3v) is 2.79. The molecule has 0 N–H and O–H groups in total. The largest absolute Gasteiger partial charge is 0.0766 e. The highest BCUT2D eigenvalue weighted by molar-refractivity contribution is 5.43. The average molecular weight is 146 g/mol. The average Bonchev–Trinajstić information content (AvgIpc) is 2.61. The zero-order valence-electron chi connectivity index (χ0n) is 7.17. The third-order valence-electron chi connectivity index (χ3n) is 2.79. The first-order valence-electron chi connectivity index (χ1n) is 4.39. The number of allylic oxidation sites excluding steroid dienone is 6. The van der Waals surface area contributed by atoms with Crippen LogP contribution in [0.3, 0.4) is 0 Å². The normalized spacial score (nSPS) is 32.0. The summed E-state index contributed by atoms with van der Waals surface area (Å²) in [6, 6.07) is 0. The number of fused-ring (bicyclic) bond motifs is 2. The molecule has 0 heterocycles. The van der Waals surface area contributed by atoms with Crippen LogP contribution in [0.15, 0.2) is 35.5 Å². The summed E-state index contributed by atoms with van der Waals surface area (Å²) >= 11 is 0. The zero-order valence-corrected chi connectivity index (χ0v) is 7.17. The van der Waals surface area contributed by atoms with Gasteiger partial charge < -0.3 is 0 Å². The lowest BCUT2D eigenvalue weighted by Gasteiger charge is -2.08. The van der Waals surface area contributed by atoms with Crippen molar-refractivity contribution in [2.45, 2.75) is 20.3 Å². The van der Waals surface area contributed by atoms with E-state index in [0.717, 1.165) is 0 Å². The minimum Gasteiger partial charge on any atom is -0.0766 e. The van der Waals surface area contributed by atoms with Crippen LogP contribution >= 0.6 is 0 Å². The molecule has 0 spiro atoms. The molecule has 0 aromatic rings. The number of hydrogen-bond acceptors (Lipinski definition) is 0. The van der Waals surface area contributed by atoms with E-state index in [1.165, 1.54) is 6.42 Å². The molecule has 0 atom stereocenters. The van der Waals surface area contributed by atoms with Gasteiger partial charge in [-0.15, -0.1) is 0 Å². The van der Waals surface area contributed by atoms with Crippen LogP contribution in [0, 0.1) is 11.8 Å². The monoisotopic (exact) mass is 146 g/mol. The van der Waals surface area contributed by atoms with Gasteiger partial charge in [-0.25, -0.2) is 0 Å². The number of rotatable bonds is 1. The summed E-state index contributed by atoms with van der Waals surface area (Å²) < 4.78 is 0. The molecular formula is C11H14. The Bertz CT molecular complexity index is 221. The van der Waals surface area contributed by atoms with Crippen LogP contribution in [0.1, 0.15) is 20.3 Å². The maximum absolute atomic E-state index is 2.32. The Morgan fingerprint density at radius 2 is 1.64 bits per heavy atom. The summed E-state index contributed by atoms with van der Waals surface area (Å²) in [5.41, 5.74) is 3.22. The van der Waals surface area contributed by atoms with E-state index in [4.69, 9.17) is 0 Å². The van der Waals surface area contributed by atoms with E-state index in [0.29, 0.717) is 11.8 Å². The SMILES string of the molecule is CCC(C)=C1C2C=CC1C=C2. The smallest absolute Gasteiger partial charge is 0.0169 e. The molecule has 0 heteroatoms. The van der Waals surface area contributed by atoms with Gasteiger partial charge in [0.15, 0.2) is 0 Å². The van der Waals surface area contributed by atoms with Gasteiger partial charge in [-0.05, 0) is 18.9 Å². The molecule has 2 aliphatic carbocycles. The predicted molar refractivity (Wildman–Crippen MR) is 48.3 cm³/mol. The van der Waals surface area contributed by atoms with Gasteiger partial charge in [0.05, 0.1) is 0 Å². The van der Waals surface area contributed by atoms with Crippen LogP contribution in [0.2, 0.25) is 0 Å². The van der Waals surface area contributed by atoms with Gasteiger partial charge in [-0.1, -0.05) is 36.8 Å². The topological polar surface area (TPSA) is 0 Å².